The van der Waals surface area contributed by atoms with Crippen LogP contribution < -0.4 is 10.6 Å². The number of hydrogen-bond donors (Lipinski definition) is 2. The Hall–Kier alpha value is -0.713. The summed E-state index contributed by atoms with van der Waals surface area (Å²) in [5.41, 5.74) is 0. The molecular weight excluding hydrogens is 306 g/mol. The molecule has 0 bridgehead atoms. The van der Waals surface area contributed by atoms with Crippen molar-refractivity contribution in [2.24, 2.45) is 0 Å². The Labute approximate surface area is 133 Å². The Morgan fingerprint density at radius 2 is 1.68 bits per heavy atom. The molecule has 0 saturated carbocycles. The van der Waals surface area contributed by atoms with Crippen molar-refractivity contribution in [2.75, 3.05) is 67.3 Å². The van der Waals surface area contributed by atoms with Crippen molar-refractivity contribution in [1.29, 1.82) is 0 Å². The van der Waals surface area contributed by atoms with Gasteiger partial charge in [-0.1, -0.05) is 0 Å². The van der Waals surface area contributed by atoms with Gasteiger partial charge in [0.05, 0.1) is 13.2 Å². The topological polar surface area (TPSA) is 81.3 Å². The van der Waals surface area contributed by atoms with Gasteiger partial charge in [0.25, 0.3) is 0 Å². The summed E-state index contributed by atoms with van der Waals surface area (Å²) in [6.45, 7) is 5.46. The van der Waals surface area contributed by atoms with Crippen molar-refractivity contribution in [3.05, 3.63) is 0 Å². The highest BCUT2D eigenvalue weighted by atomic mass is 28.4. The van der Waals surface area contributed by atoms with E-state index in [2.05, 4.69) is 15.5 Å². The lowest BCUT2D eigenvalue weighted by atomic mass is 10.4. The first-order chi connectivity index (χ1) is 10.7. The molecular formula is C13H29N3O5Si. The van der Waals surface area contributed by atoms with Crippen LogP contribution in [0, 0.1) is 0 Å². The average Bonchev–Trinajstić information content (AvgIpc) is 2.57. The van der Waals surface area contributed by atoms with E-state index in [0.717, 1.165) is 39.3 Å². The van der Waals surface area contributed by atoms with Crippen molar-refractivity contribution in [3.8, 4) is 0 Å². The number of nitrogens with zero attached hydrogens (tertiary/aromatic N) is 1. The van der Waals surface area contributed by atoms with Gasteiger partial charge in [0, 0.05) is 60.1 Å². The molecule has 9 heteroatoms. The number of amides is 2. The second kappa shape index (κ2) is 10.9. The monoisotopic (exact) mass is 335 g/mol. The molecule has 22 heavy (non-hydrogen) atoms. The Kier molecular flexibility index (Phi) is 9.60. The predicted molar refractivity (Wildman–Crippen MR) is 84.9 cm³/mol. The second-order valence-electron chi connectivity index (χ2n) is 5.04. The fraction of sp³-hybridized carbons (Fsp3) is 0.923. The standard InChI is InChI=1S/C13H29N3O5Si/c1-18-22(19-2,20-3)12-4-5-14-13(17)15-6-7-16-8-10-21-11-9-16/h4-12H2,1-3H3,(H2,14,15,17). The van der Waals surface area contributed by atoms with Gasteiger partial charge in [-0.15, -0.1) is 0 Å². The van der Waals surface area contributed by atoms with Gasteiger partial charge in [0.1, 0.15) is 0 Å². The van der Waals surface area contributed by atoms with Gasteiger partial charge in [0.2, 0.25) is 0 Å². The normalized spacial score (nSPS) is 16.5. The van der Waals surface area contributed by atoms with Crippen LogP contribution in [-0.4, -0.2) is 87.0 Å². The largest absolute Gasteiger partial charge is 0.500 e. The highest BCUT2D eigenvalue weighted by molar-refractivity contribution is 6.60. The Morgan fingerprint density at radius 3 is 2.27 bits per heavy atom. The summed E-state index contributed by atoms with van der Waals surface area (Å²) in [5, 5.41) is 5.68. The molecule has 0 radical (unpaired) electrons. The summed E-state index contributed by atoms with van der Waals surface area (Å²) in [6, 6.07) is 0.526. The fourth-order valence-corrected chi connectivity index (χ4v) is 4.00. The van der Waals surface area contributed by atoms with E-state index in [-0.39, 0.29) is 6.03 Å². The third-order valence-electron chi connectivity index (χ3n) is 3.70. The molecule has 1 aliphatic rings. The van der Waals surface area contributed by atoms with Crippen molar-refractivity contribution in [3.63, 3.8) is 0 Å². The minimum absolute atomic E-state index is 0.146. The Morgan fingerprint density at radius 1 is 1.09 bits per heavy atom. The molecule has 0 unspecified atom stereocenters. The van der Waals surface area contributed by atoms with Gasteiger partial charge in [-0.05, 0) is 6.42 Å². The molecule has 8 nitrogen and oxygen atoms in total. The second-order valence-corrected chi connectivity index (χ2v) is 8.13. The molecule has 0 aliphatic carbocycles. The number of rotatable bonds is 10. The summed E-state index contributed by atoms with van der Waals surface area (Å²) < 4.78 is 21.3. The number of morpholine rings is 1. The van der Waals surface area contributed by atoms with Gasteiger partial charge in [-0.2, -0.15) is 0 Å². The SMILES string of the molecule is CO[Si](CCCNC(=O)NCCN1CCOCC1)(OC)OC. The molecule has 130 valence electrons. The number of nitrogens with one attached hydrogen (secondary N) is 2. The van der Waals surface area contributed by atoms with E-state index >= 15 is 0 Å². The van der Waals surface area contributed by atoms with Gasteiger partial charge < -0.3 is 28.6 Å². The van der Waals surface area contributed by atoms with Crippen LogP contribution in [0.15, 0.2) is 0 Å². The molecule has 0 aromatic heterocycles. The Balaban J connectivity index is 2.05. The van der Waals surface area contributed by atoms with E-state index in [0.29, 0.717) is 19.1 Å². The number of carbonyl (C=O) groups is 1. The molecule has 2 N–H and O–H groups in total. The number of hydrogen-bond acceptors (Lipinski definition) is 6. The number of urea groups is 1. The first-order valence-corrected chi connectivity index (χ1v) is 9.56. The van der Waals surface area contributed by atoms with Crippen molar-refractivity contribution >= 4 is 14.8 Å². The summed E-state index contributed by atoms with van der Waals surface area (Å²) >= 11 is 0. The maximum Gasteiger partial charge on any atom is 0.500 e. The van der Waals surface area contributed by atoms with Crippen LogP contribution in [0.3, 0.4) is 0 Å². The van der Waals surface area contributed by atoms with Gasteiger partial charge in [0.15, 0.2) is 0 Å². The summed E-state index contributed by atoms with van der Waals surface area (Å²) in [5.74, 6) is 0. The highest BCUT2D eigenvalue weighted by Crippen LogP contribution is 2.14. The summed E-state index contributed by atoms with van der Waals surface area (Å²) in [6.07, 6.45) is 0.749. The summed E-state index contributed by atoms with van der Waals surface area (Å²) in [4.78, 5) is 13.9. The van der Waals surface area contributed by atoms with Crippen LogP contribution in [0.1, 0.15) is 6.42 Å². The Bertz CT molecular complexity index is 304. The lowest BCUT2D eigenvalue weighted by Gasteiger charge is -2.26. The quantitative estimate of drug-likeness (QED) is 0.428. The minimum atomic E-state index is -2.53. The van der Waals surface area contributed by atoms with E-state index in [1.807, 2.05) is 0 Å². The van der Waals surface area contributed by atoms with E-state index in [1.54, 1.807) is 21.3 Å². The smallest absolute Gasteiger partial charge is 0.379 e. The molecule has 1 saturated heterocycles. The maximum absolute atomic E-state index is 11.7. The van der Waals surface area contributed by atoms with Gasteiger partial charge in [-0.3, -0.25) is 4.90 Å². The number of carbonyl (C=O) groups excluding carboxylic acids is 1. The molecule has 1 rings (SSSR count). The average molecular weight is 335 g/mol. The van der Waals surface area contributed by atoms with Crippen LogP contribution >= 0.6 is 0 Å². The van der Waals surface area contributed by atoms with Crippen LogP contribution in [-0.2, 0) is 18.0 Å². The van der Waals surface area contributed by atoms with Crippen molar-refractivity contribution in [2.45, 2.75) is 12.5 Å². The van der Waals surface area contributed by atoms with Crippen molar-refractivity contribution in [1.82, 2.24) is 15.5 Å². The lowest BCUT2D eigenvalue weighted by Crippen LogP contribution is -2.45. The predicted octanol–water partition coefficient (Wildman–Crippen LogP) is -0.114. The van der Waals surface area contributed by atoms with Gasteiger partial charge in [-0.25, -0.2) is 4.79 Å². The first-order valence-electron chi connectivity index (χ1n) is 7.63. The maximum atomic E-state index is 11.7. The third-order valence-corrected chi connectivity index (χ3v) is 6.53. The molecule has 1 aliphatic heterocycles. The molecule has 2 amide bonds. The molecule has 1 fully saturated rings. The lowest BCUT2D eigenvalue weighted by molar-refractivity contribution is 0.0387. The van der Waals surface area contributed by atoms with E-state index < -0.39 is 8.80 Å². The van der Waals surface area contributed by atoms with E-state index in [4.69, 9.17) is 18.0 Å². The van der Waals surface area contributed by atoms with Crippen LogP contribution in [0.4, 0.5) is 4.79 Å². The zero-order valence-electron chi connectivity index (χ0n) is 13.9. The molecule has 0 atom stereocenters. The zero-order chi connectivity index (χ0) is 16.3. The van der Waals surface area contributed by atoms with Gasteiger partial charge >= 0.3 is 14.8 Å². The molecule has 0 aromatic carbocycles. The van der Waals surface area contributed by atoms with Crippen LogP contribution in [0.2, 0.25) is 6.04 Å². The summed E-state index contributed by atoms with van der Waals surface area (Å²) in [7, 11) is 2.24. The van der Waals surface area contributed by atoms with Crippen molar-refractivity contribution < 1.29 is 22.8 Å². The first kappa shape index (κ1) is 19.3. The van der Waals surface area contributed by atoms with E-state index in [9.17, 15) is 4.79 Å². The third kappa shape index (κ3) is 7.03. The fourth-order valence-electron chi connectivity index (χ4n) is 2.28. The minimum Gasteiger partial charge on any atom is -0.379 e. The van der Waals surface area contributed by atoms with E-state index in [1.165, 1.54) is 0 Å². The number of ether oxygens (including phenoxy) is 1. The molecule has 0 aromatic rings. The zero-order valence-corrected chi connectivity index (χ0v) is 14.9. The molecule has 0 spiro atoms. The highest BCUT2D eigenvalue weighted by Gasteiger charge is 2.36. The van der Waals surface area contributed by atoms with Crippen LogP contribution in [0.25, 0.3) is 0 Å². The van der Waals surface area contributed by atoms with Crippen LogP contribution in [0.5, 0.6) is 0 Å². The molecule has 1 heterocycles.